The molecule has 3 aromatic carbocycles. The number of nitro benzene ring substituents is 1. The predicted molar refractivity (Wildman–Crippen MR) is 127 cm³/mol. The highest BCUT2D eigenvalue weighted by Gasteiger charge is 2.22. The Morgan fingerprint density at radius 2 is 1.62 bits per heavy atom. The first-order chi connectivity index (χ1) is 15.1. The summed E-state index contributed by atoms with van der Waals surface area (Å²) in [5.74, 6) is 0. The lowest BCUT2D eigenvalue weighted by Crippen LogP contribution is -2.15. The van der Waals surface area contributed by atoms with Crippen molar-refractivity contribution in [3.8, 4) is 0 Å². The summed E-state index contributed by atoms with van der Waals surface area (Å²) in [5, 5.41) is 15.8. The third-order valence-electron chi connectivity index (χ3n) is 4.68. The molecule has 3 aromatic rings. The van der Waals surface area contributed by atoms with Crippen molar-refractivity contribution >= 4 is 44.9 Å². The van der Waals surface area contributed by atoms with Crippen molar-refractivity contribution in [1.82, 2.24) is 0 Å². The molecule has 0 atom stereocenters. The van der Waals surface area contributed by atoms with Crippen molar-refractivity contribution in [2.75, 3.05) is 10.1 Å². The van der Waals surface area contributed by atoms with Crippen LogP contribution in [0.2, 0.25) is 5.02 Å². The van der Waals surface area contributed by atoms with Gasteiger partial charge in [-0.05, 0) is 62.2 Å². The summed E-state index contributed by atoms with van der Waals surface area (Å²) in [6, 6.07) is 13.6. The maximum absolute atomic E-state index is 13.0. The van der Waals surface area contributed by atoms with Gasteiger partial charge in [-0.3, -0.25) is 20.3 Å². The van der Waals surface area contributed by atoms with Gasteiger partial charge in [0, 0.05) is 28.4 Å². The van der Waals surface area contributed by atoms with Crippen LogP contribution < -0.4 is 10.1 Å². The van der Waals surface area contributed by atoms with Gasteiger partial charge in [0.25, 0.3) is 15.7 Å². The molecule has 0 heterocycles. The van der Waals surface area contributed by atoms with Crippen molar-refractivity contribution in [3.63, 3.8) is 0 Å². The van der Waals surface area contributed by atoms with Crippen LogP contribution in [0.25, 0.3) is 0 Å². The number of hydrogen-bond donors (Lipinski definition) is 2. The molecule has 0 aromatic heterocycles. The van der Waals surface area contributed by atoms with Crippen LogP contribution in [0, 0.1) is 30.9 Å². The molecule has 0 spiro atoms. The Bertz CT molecular complexity index is 1280. The number of non-ortho nitro benzene ring substituents is 1. The van der Waals surface area contributed by atoms with E-state index in [-0.39, 0.29) is 22.0 Å². The van der Waals surface area contributed by atoms with Crippen LogP contribution in [-0.2, 0) is 10.0 Å². The molecule has 0 amide bonds. The fourth-order valence-corrected chi connectivity index (χ4v) is 4.59. The Balaban J connectivity index is 1.96. The Kier molecular flexibility index (Phi) is 6.81. The van der Waals surface area contributed by atoms with Crippen LogP contribution in [-0.4, -0.2) is 19.6 Å². The summed E-state index contributed by atoms with van der Waals surface area (Å²) in [7, 11) is -4.16. The summed E-state index contributed by atoms with van der Waals surface area (Å²) < 4.78 is 28.4. The highest BCUT2D eigenvalue weighted by atomic mass is 35.5. The topological polar surface area (TPSA) is 114 Å². The third-order valence-corrected chi connectivity index (χ3v) is 6.35. The van der Waals surface area contributed by atoms with Gasteiger partial charge in [-0.1, -0.05) is 29.3 Å². The van der Waals surface area contributed by atoms with Gasteiger partial charge in [-0.2, -0.15) is 5.10 Å². The maximum Gasteiger partial charge on any atom is 0.270 e. The molecule has 3 rings (SSSR count). The van der Waals surface area contributed by atoms with E-state index in [1.807, 2.05) is 32.9 Å². The Morgan fingerprint density at radius 3 is 2.22 bits per heavy atom. The molecular weight excluding hydrogens is 452 g/mol. The van der Waals surface area contributed by atoms with Gasteiger partial charge in [0.2, 0.25) is 0 Å². The number of anilines is 2. The predicted octanol–water partition coefficient (Wildman–Crippen LogP) is 5.42. The van der Waals surface area contributed by atoms with Crippen LogP contribution in [0.1, 0.15) is 22.3 Å². The van der Waals surface area contributed by atoms with Gasteiger partial charge in [0.05, 0.1) is 16.8 Å². The van der Waals surface area contributed by atoms with Crippen molar-refractivity contribution in [2.45, 2.75) is 25.7 Å². The monoisotopic (exact) mass is 472 g/mol. The van der Waals surface area contributed by atoms with Crippen LogP contribution in [0.4, 0.5) is 17.1 Å². The second-order valence-electron chi connectivity index (χ2n) is 7.23. The second-order valence-corrected chi connectivity index (χ2v) is 9.32. The zero-order chi connectivity index (χ0) is 23.5. The lowest BCUT2D eigenvalue weighted by atomic mass is 10.0. The number of halogens is 1. The van der Waals surface area contributed by atoms with E-state index in [4.69, 9.17) is 11.6 Å². The Morgan fingerprint density at radius 1 is 1.00 bits per heavy atom. The molecule has 0 aliphatic rings. The van der Waals surface area contributed by atoms with Gasteiger partial charge in [-0.15, -0.1) is 0 Å². The zero-order valence-electron chi connectivity index (χ0n) is 17.6. The number of nitrogens with zero attached hydrogens (tertiary/aromatic N) is 2. The second kappa shape index (κ2) is 9.37. The van der Waals surface area contributed by atoms with Gasteiger partial charge in [0.15, 0.2) is 0 Å². The molecule has 0 fully saturated rings. The lowest BCUT2D eigenvalue weighted by Gasteiger charge is -2.12. The fourth-order valence-electron chi connectivity index (χ4n) is 3.23. The number of nitro groups is 1. The van der Waals surface area contributed by atoms with E-state index in [0.29, 0.717) is 5.02 Å². The smallest absolute Gasteiger partial charge is 0.270 e. The Labute approximate surface area is 191 Å². The normalized spacial score (nSPS) is 11.5. The first-order valence-corrected chi connectivity index (χ1v) is 11.4. The number of sulfonamides is 1. The molecule has 0 aliphatic carbocycles. The lowest BCUT2D eigenvalue weighted by molar-refractivity contribution is -0.385. The average molecular weight is 473 g/mol. The molecule has 0 bridgehead atoms. The molecule has 8 nitrogen and oxygen atoms in total. The molecule has 32 heavy (non-hydrogen) atoms. The number of aryl methyl sites for hydroxylation is 3. The van der Waals surface area contributed by atoms with E-state index < -0.39 is 14.9 Å². The van der Waals surface area contributed by atoms with E-state index in [1.54, 1.807) is 6.21 Å². The number of benzene rings is 3. The minimum absolute atomic E-state index is 0.0933. The standard InChI is InChI=1S/C22H21ClN4O4S/c1-14-10-15(2)20(16(3)11-14)13-24-25-21-9-8-19(27(28)29)12-22(21)32(30,31)26-18-6-4-17(23)5-7-18/h4-13,25-26H,1-3H3. The molecule has 0 saturated carbocycles. The van der Waals surface area contributed by atoms with Crippen molar-refractivity contribution < 1.29 is 13.3 Å². The molecule has 0 unspecified atom stereocenters. The van der Waals surface area contributed by atoms with E-state index in [2.05, 4.69) is 15.2 Å². The number of hydrazone groups is 1. The van der Waals surface area contributed by atoms with Crippen molar-refractivity contribution in [2.24, 2.45) is 5.10 Å². The summed E-state index contributed by atoms with van der Waals surface area (Å²) in [5.41, 5.74) is 6.77. The summed E-state index contributed by atoms with van der Waals surface area (Å²) in [6.45, 7) is 5.92. The fraction of sp³-hybridized carbons (Fsp3) is 0.136. The van der Waals surface area contributed by atoms with Crippen molar-refractivity contribution in [1.29, 1.82) is 0 Å². The van der Waals surface area contributed by atoms with E-state index >= 15 is 0 Å². The summed E-state index contributed by atoms with van der Waals surface area (Å²) in [4.78, 5) is 10.2. The minimum atomic E-state index is -4.16. The number of nitrogens with one attached hydrogen (secondary N) is 2. The summed E-state index contributed by atoms with van der Waals surface area (Å²) >= 11 is 5.84. The van der Waals surface area contributed by atoms with E-state index in [9.17, 15) is 18.5 Å². The Hall–Kier alpha value is -3.43. The number of rotatable bonds is 7. The van der Waals surface area contributed by atoms with Crippen LogP contribution in [0.15, 0.2) is 64.6 Å². The zero-order valence-corrected chi connectivity index (χ0v) is 19.2. The molecular formula is C22H21ClN4O4S. The van der Waals surface area contributed by atoms with Gasteiger partial charge in [-0.25, -0.2) is 8.42 Å². The van der Waals surface area contributed by atoms with Crippen molar-refractivity contribution in [3.05, 3.63) is 92.0 Å². The third kappa shape index (κ3) is 5.43. The quantitative estimate of drug-likeness (QED) is 0.270. The number of hydrogen-bond acceptors (Lipinski definition) is 6. The largest absolute Gasteiger partial charge is 0.280 e. The van der Waals surface area contributed by atoms with Gasteiger partial charge < -0.3 is 0 Å². The van der Waals surface area contributed by atoms with Gasteiger partial charge in [0.1, 0.15) is 4.90 Å². The molecule has 0 saturated heterocycles. The first-order valence-electron chi connectivity index (χ1n) is 9.50. The molecule has 0 aliphatic heterocycles. The maximum atomic E-state index is 13.0. The first kappa shape index (κ1) is 23.2. The highest BCUT2D eigenvalue weighted by molar-refractivity contribution is 7.92. The van der Waals surface area contributed by atoms with Crippen LogP contribution in [0.5, 0.6) is 0 Å². The van der Waals surface area contributed by atoms with E-state index in [1.165, 1.54) is 36.4 Å². The summed E-state index contributed by atoms with van der Waals surface area (Å²) in [6.07, 6.45) is 1.59. The molecule has 166 valence electrons. The minimum Gasteiger partial charge on any atom is -0.280 e. The SMILES string of the molecule is Cc1cc(C)c(C=NNc2ccc([N+](=O)[O-])cc2S(=O)(=O)Nc2ccc(Cl)cc2)c(C)c1. The molecule has 10 heteroatoms. The van der Waals surface area contributed by atoms with Crippen LogP contribution >= 0.6 is 11.6 Å². The van der Waals surface area contributed by atoms with E-state index in [0.717, 1.165) is 28.3 Å². The van der Waals surface area contributed by atoms with Crippen LogP contribution in [0.3, 0.4) is 0 Å². The highest BCUT2D eigenvalue weighted by Crippen LogP contribution is 2.28. The molecule has 2 N–H and O–H groups in total. The molecule has 0 radical (unpaired) electrons. The van der Waals surface area contributed by atoms with Gasteiger partial charge >= 0.3 is 0 Å². The average Bonchev–Trinajstić information content (AvgIpc) is 2.71.